The first-order valence-corrected chi connectivity index (χ1v) is 33.0. The van der Waals surface area contributed by atoms with Crippen molar-refractivity contribution < 1.29 is 0 Å². The molecule has 0 aliphatic carbocycles. The smallest absolute Gasteiger partial charge is 0.0468 e. The maximum Gasteiger partial charge on any atom is 0.0468 e. The summed E-state index contributed by atoms with van der Waals surface area (Å²) in [5, 5.41) is 17.7. The van der Waals surface area contributed by atoms with Gasteiger partial charge in [0.2, 0.25) is 0 Å². The molecule has 0 saturated heterocycles. The second-order valence-electron chi connectivity index (χ2n) is 24.8. The van der Waals surface area contributed by atoms with Gasteiger partial charge < -0.3 is 9.80 Å². The molecule has 0 bridgehead atoms. The molecule has 0 spiro atoms. The Labute approximate surface area is 559 Å². The van der Waals surface area contributed by atoms with Crippen LogP contribution in [0.1, 0.15) is 0 Å². The third kappa shape index (κ3) is 11.0. The number of rotatable bonds is 11. The summed E-state index contributed by atoms with van der Waals surface area (Å²) in [6.45, 7) is 0. The first-order valence-electron chi connectivity index (χ1n) is 33.0. The molecule has 0 fully saturated rings. The first kappa shape index (κ1) is 57.3. The fraction of sp³-hybridized carbons (Fsp3) is 0. The van der Waals surface area contributed by atoms with Crippen molar-refractivity contribution in [1.29, 1.82) is 0 Å². The molecular weight excluding hydrogens is 1160 g/mol. The van der Waals surface area contributed by atoms with Crippen molar-refractivity contribution in [3.05, 3.63) is 388 Å². The molecule has 0 heterocycles. The van der Waals surface area contributed by atoms with Crippen molar-refractivity contribution in [1.82, 2.24) is 0 Å². The van der Waals surface area contributed by atoms with E-state index in [9.17, 15) is 0 Å². The Balaban J connectivity index is 0.000000145. The van der Waals surface area contributed by atoms with E-state index in [1.165, 1.54) is 131 Å². The van der Waals surface area contributed by atoms with E-state index in [0.29, 0.717) is 0 Å². The molecule has 0 aromatic heterocycles. The van der Waals surface area contributed by atoms with Crippen LogP contribution in [0, 0.1) is 0 Å². The third-order valence-corrected chi connectivity index (χ3v) is 19.1. The maximum absolute atomic E-state index is 2.38. The standard InChI is InChI=1S/C48H33N.C46H31N/c1-3-10-34(11-4-1)36-18-25-42(26-19-36)49(43-27-20-37(21-28-43)41-16-9-15-40(32-41)35-12-5-2-6-13-35)44-29-22-39-24-30-46-45-17-8-7-14-38(45)23-31-47(46)48(39)33-44;1-2-9-32(10-3-1)33-17-24-38(25-18-33)47(39-26-19-36(20-27-39)42-16-8-13-34-11-4-6-14-41(34)42)40-28-21-37-23-29-44-43-15-7-5-12-35(43)22-30-45(44)46(37)31-40/h1-33H;1-31H. The molecule has 0 atom stereocenters. The van der Waals surface area contributed by atoms with E-state index in [1.54, 1.807) is 0 Å². The van der Waals surface area contributed by atoms with Crippen LogP contribution in [0.25, 0.3) is 131 Å². The summed E-state index contributed by atoms with van der Waals surface area (Å²) < 4.78 is 0. The van der Waals surface area contributed by atoms with E-state index in [4.69, 9.17) is 0 Å². The molecule has 0 aliphatic rings. The highest BCUT2D eigenvalue weighted by Crippen LogP contribution is 2.44. The van der Waals surface area contributed by atoms with Gasteiger partial charge in [0.25, 0.3) is 0 Å². The summed E-state index contributed by atoms with van der Waals surface area (Å²) in [6, 6.07) is 141. The second-order valence-corrected chi connectivity index (χ2v) is 24.8. The summed E-state index contributed by atoms with van der Waals surface area (Å²) in [5.41, 5.74) is 18.9. The Morgan fingerprint density at radius 1 is 0.125 bits per heavy atom. The van der Waals surface area contributed by atoms with Crippen molar-refractivity contribution in [3.8, 4) is 55.6 Å². The van der Waals surface area contributed by atoms with E-state index < -0.39 is 0 Å². The van der Waals surface area contributed by atoms with Gasteiger partial charge >= 0.3 is 0 Å². The molecule has 0 radical (unpaired) electrons. The fourth-order valence-electron chi connectivity index (χ4n) is 14.2. The maximum atomic E-state index is 2.38. The van der Waals surface area contributed by atoms with Crippen LogP contribution in [-0.2, 0) is 0 Å². The second kappa shape index (κ2) is 25.1. The Hall–Kier alpha value is -12.6. The predicted molar refractivity (Wildman–Crippen MR) is 412 cm³/mol. The lowest BCUT2D eigenvalue weighted by Crippen LogP contribution is -2.10. The van der Waals surface area contributed by atoms with Crippen LogP contribution in [-0.4, -0.2) is 0 Å². The van der Waals surface area contributed by atoms with Gasteiger partial charge in [-0.2, -0.15) is 0 Å². The quantitative estimate of drug-likeness (QED) is 0.119. The largest absolute Gasteiger partial charge is 0.310 e. The summed E-state index contributed by atoms with van der Waals surface area (Å²) in [7, 11) is 0. The zero-order chi connectivity index (χ0) is 63.7. The van der Waals surface area contributed by atoms with Crippen molar-refractivity contribution >= 4 is 110 Å². The molecular formula is C94H64N2. The summed E-state index contributed by atoms with van der Waals surface area (Å²) in [5.74, 6) is 0. The highest BCUT2D eigenvalue weighted by atomic mass is 15.1. The van der Waals surface area contributed by atoms with Crippen LogP contribution in [0.15, 0.2) is 388 Å². The van der Waals surface area contributed by atoms with Crippen molar-refractivity contribution in [2.45, 2.75) is 0 Å². The summed E-state index contributed by atoms with van der Waals surface area (Å²) >= 11 is 0. The van der Waals surface area contributed by atoms with Crippen LogP contribution in [0.2, 0.25) is 0 Å². The minimum Gasteiger partial charge on any atom is -0.310 e. The zero-order valence-electron chi connectivity index (χ0n) is 52.8. The molecule has 0 aliphatic heterocycles. The molecule has 0 N–H and O–H groups in total. The molecule has 18 rings (SSSR count). The lowest BCUT2D eigenvalue weighted by molar-refractivity contribution is 1.29. The molecule has 0 saturated carbocycles. The van der Waals surface area contributed by atoms with Gasteiger partial charge in [0.05, 0.1) is 0 Å². The molecule has 18 aromatic carbocycles. The minimum atomic E-state index is 1.11. The molecule has 18 aromatic rings. The lowest BCUT2D eigenvalue weighted by Gasteiger charge is -2.26. The Morgan fingerprint density at radius 3 is 0.802 bits per heavy atom. The molecule has 96 heavy (non-hydrogen) atoms. The monoisotopic (exact) mass is 1220 g/mol. The van der Waals surface area contributed by atoms with Crippen molar-refractivity contribution in [2.24, 2.45) is 0 Å². The van der Waals surface area contributed by atoms with Crippen LogP contribution >= 0.6 is 0 Å². The van der Waals surface area contributed by atoms with Gasteiger partial charge in [-0.05, 0) is 210 Å². The predicted octanol–water partition coefficient (Wildman–Crippen LogP) is 26.7. The topological polar surface area (TPSA) is 6.48 Å². The summed E-state index contributed by atoms with van der Waals surface area (Å²) in [6.07, 6.45) is 0. The van der Waals surface area contributed by atoms with E-state index in [0.717, 1.165) is 34.1 Å². The van der Waals surface area contributed by atoms with Crippen molar-refractivity contribution in [3.63, 3.8) is 0 Å². The van der Waals surface area contributed by atoms with Gasteiger partial charge in [0.15, 0.2) is 0 Å². The average Bonchev–Trinajstić information content (AvgIpc) is 0.766. The average molecular weight is 1220 g/mol. The lowest BCUT2D eigenvalue weighted by atomic mass is 9.96. The molecule has 450 valence electrons. The SMILES string of the molecule is c1ccc(-c2ccc(N(c3ccc(-c4cccc(-c5ccccc5)c4)cc3)c3ccc4ccc5c6ccccc6ccc5c4c3)cc2)cc1.c1ccc(-c2ccc(N(c3ccc(-c4cccc5ccccc45)cc3)c3ccc4ccc5c6ccccc6ccc5c4c3)cc2)cc1. The van der Waals surface area contributed by atoms with Gasteiger partial charge in [-0.3, -0.25) is 0 Å². The van der Waals surface area contributed by atoms with Crippen LogP contribution < -0.4 is 9.80 Å². The number of fused-ring (bicyclic) bond motifs is 11. The van der Waals surface area contributed by atoms with E-state index >= 15 is 0 Å². The molecule has 2 nitrogen and oxygen atoms in total. The van der Waals surface area contributed by atoms with E-state index in [-0.39, 0.29) is 0 Å². The van der Waals surface area contributed by atoms with Crippen LogP contribution in [0.3, 0.4) is 0 Å². The number of anilines is 6. The minimum absolute atomic E-state index is 1.11. The molecule has 0 unspecified atom stereocenters. The molecule has 0 amide bonds. The number of benzene rings is 18. The number of hydrogen-bond donors (Lipinski definition) is 0. The third-order valence-electron chi connectivity index (χ3n) is 19.1. The van der Waals surface area contributed by atoms with E-state index in [1.807, 2.05) is 0 Å². The highest BCUT2D eigenvalue weighted by molar-refractivity contribution is 6.19. The Morgan fingerprint density at radius 2 is 0.385 bits per heavy atom. The van der Waals surface area contributed by atoms with Gasteiger partial charge in [0, 0.05) is 34.1 Å². The Bertz CT molecular complexity index is 5840. The summed E-state index contributed by atoms with van der Waals surface area (Å²) in [4.78, 5) is 4.75. The van der Waals surface area contributed by atoms with Crippen molar-refractivity contribution in [2.75, 3.05) is 9.80 Å². The zero-order valence-corrected chi connectivity index (χ0v) is 52.8. The first-order chi connectivity index (χ1) is 47.6. The van der Waals surface area contributed by atoms with Crippen LogP contribution in [0.4, 0.5) is 34.1 Å². The van der Waals surface area contributed by atoms with Gasteiger partial charge in [-0.15, -0.1) is 0 Å². The normalized spacial score (nSPS) is 11.3. The Kier molecular flexibility index (Phi) is 15.0. The highest BCUT2D eigenvalue weighted by Gasteiger charge is 2.19. The molecule has 2 heteroatoms. The van der Waals surface area contributed by atoms with Gasteiger partial charge in [-0.1, -0.05) is 309 Å². The number of hydrogen-bond acceptors (Lipinski definition) is 2. The van der Waals surface area contributed by atoms with Crippen LogP contribution in [0.5, 0.6) is 0 Å². The number of nitrogens with zero attached hydrogens (tertiary/aromatic N) is 2. The fourth-order valence-corrected chi connectivity index (χ4v) is 14.2. The van der Waals surface area contributed by atoms with Gasteiger partial charge in [-0.25, -0.2) is 0 Å². The van der Waals surface area contributed by atoms with Gasteiger partial charge in [0.1, 0.15) is 0 Å². The van der Waals surface area contributed by atoms with E-state index in [2.05, 4.69) is 398 Å².